The lowest BCUT2D eigenvalue weighted by Crippen LogP contribution is -2.44. The highest BCUT2D eigenvalue weighted by molar-refractivity contribution is 5.15. The molecule has 0 aromatic rings. The van der Waals surface area contributed by atoms with Crippen LogP contribution in [0.4, 0.5) is 0 Å². The summed E-state index contributed by atoms with van der Waals surface area (Å²) in [5.41, 5.74) is 2.02. The van der Waals surface area contributed by atoms with Crippen LogP contribution >= 0.6 is 0 Å². The van der Waals surface area contributed by atoms with Crippen LogP contribution in [0.3, 0.4) is 0 Å². The van der Waals surface area contributed by atoms with Gasteiger partial charge in [-0.25, -0.2) is 0 Å². The van der Waals surface area contributed by atoms with Gasteiger partial charge in [-0.1, -0.05) is 32.4 Å². The van der Waals surface area contributed by atoms with Crippen LogP contribution in [0.1, 0.15) is 40.0 Å². The molecule has 0 saturated carbocycles. The highest BCUT2D eigenvalue weighted by Crippen LogP contribution is 2.34. The van der Waals surface area contributed by atoms with Crippen molar-refractivity contribution in [2.45, 2.75) is 46.1 Å². The van der Waals surface area contributed by atoms with Crippen molar-refractivity contribution >= 4 is 0 Å². The number of ether oxygens (including phenoxy) is 1. The van der Waals surface area contributed by atoms with Gasteiger partial charge < -0.3 is 4.74 Å². The molecule has 0 radical (unpaired) electrons. The molecule has 2 nitrogen and oxygen atoms in total. The quantitative estimate of drug-likeness (QED) is 0.634. The van der Waals surface area contributed by atoms with Gasteiger partial charge in [0.05, 0.1) is 13.2 Å². The molecule has 0 bridgehead atoms. The van der Waals surface area contributed by atoms with E-state index >= 15 is 0 Å². The fourth-order valence-corrected chi connectivity index (χ4v) is 2.78. The molecule has 1 atom stereocenters. The summed E-state index contributed by atoms with van der Waals surface area (Å²) in [4.78, 5) is 2.61. The highest BCUT2D eigenvalue weighted by atomic mass is 16.5. The normalized spacial score (nSPS) is 28.9. The van der Waals surface area contributed by atoms with Crippen molar-refractivity contribution in [2.24, 2.45) is 5.41 Å². The standard InChI is InChI=1S/C14H25NO/c1-14(2,3)12-4-6-13(7-5-12)15-8-10-16-11-9-15/h4,13H,5-11H2,1-3H3/t13-/m1/s1. The van der Waals surface area contributed by atoms with Crippen LogP contribution in [0.25, 0.3) is 0 Å². The van der Waals surface area contributed by atoms with Crippen LogP contribution in [-0.2, 0) is 4.74 Å². The summed E-state index contributed by atoms with van der Waals surface area (Å²) < 4.78 is 5.41. The lowest BCUT2D eigenvalue weighted by Gasteiger charge is -2.38. The molecule has 2 heteroatoms. The van der Waals surface area contributed by atoms with Gasteiger partial charge in [0.25, 0.3) is 0 Å². The number of hydrogen-bond acceptors (Lipinski definition) is 2. The van der Waals surface area contributed by atoms with Crippen LogP contribution in [-0.4, -0.2) is 37.2 Å². The van der Waals surface area contributed by atoms with E-state index in [-0.39, 0.29) is 0 Å². The Bertz CT molecular complexity index is 258. The Balaban J connectivity index is 1.91. The second-order valence-electron chi connectivity index (χ2n) is 6.06. The molecule has 2 aliphatic rings. The molecular formula is C14H25NO. The summed E-state index contributed by atoms with van der Waals surface area (Å²) in [6.45, 7) is 11.1. The molecule has 1 saturated heterocycles. The van der Waals surface area contributed by atoms with E-state index in [1.807, 2.05) is 0 Å². The van der Waals surface area contributed by atoms with E-state index in [1.54, 1.807) is 5.57 Å². The average Bonchev–Trinajstić information content (AvgIpc) is 2.29. The molecular weight excluding hydrogens is 198 g/mol. The van der Waals surface area contributed by atoms with Crippen LogP contribution in [0.2, 0.25) is 0 Å². The van der Waals surface area contributed by atoms with E-state index in [1.165, 1.54) is 19.3 Å². The first-order valence-electron chi connectivity index (χ1n) is 6.58. The zero-order chi connectivity index (χ0) is 11.6. The number of hydrogen-bond donors (Lipinski definition) is 0. The predicted octanol–water partition coefficient (Wildman–Crippen LogP) is 2.84. The Morgan fingerprint density at radius 2 is 1.94 bits per heavy atom. The topological polar surface area (TPSA) is 12.5 Å². The van der Waals surface area contributed by atoms with E-state index in [0.717, 1.165) is 32.3 Å². The number of nitrogens with zero attached hydrogens (tertiary/aromatic N) is 1. The number of rotatable bonds is 1. The van der Waals surface area contributed by atoms with E-state index in [9.17, 15) is 0 Å². The van der Waals surface area contributed by atoms with Gasteiger partial charge >= 0.3 is 0 Å². The molecule has 1 heterocycles. The molecule has 1 aliphatic heterocycles. The summed E-state index contributed by atoms with van der Waals surface area (Å²) >= 11 is 0. The van der Waals surface area contributed by atoms with Gasteiger partial charge in [0, 0.05) is 19.1 Å². The Kier molecular flexibility index (Phi) is 3.70. The van der Waals surface area contributed by atoms with Gasteiger partial charge in [-0.3, -0.25) is 4.90 Å². The SMILES string of the molecule is CC(C)(C)C1=CC[C@@H](N2CCOCC2)CC1. The Hall–Kier alpha value is -0.340. The molecule has 0 unspecified atom stereocenters. The third-order valence-electron chi connectivity index (χ3n) is 3.91. The number of morpholine rings is 1. The Morgan fingerprint density at radius 1 is 1.25 bits per heavy atom. The molecule has 0 aromatic heterocycles. The molecule has 0 amide bonds. The van der Waals surface area contributed by atoms with Crippen molar-refractivity contribution in [1.29, 1.82) is 0 Å². The molecule has 16 heavy (non-hydrogen) atoms. The van der Waals surface area contributed by atoms with Crippen LogP contribution in [0, 0.1) is 5.41 Å². The first kappa shape index (κ1) is 12.1. The van der Waals surface area contributed by atoms with Crippen molar-refractivity contribution in [3.63, 3.8) is 0 Å². The maximum absolute atomic E-state index is 5.41. The van der Waals surface area contributed by atoms with Gasteiger partial charge in [-0.05, 0) is 24.7 Å². The maximum atomic E-state index is 5.41. The van der Waals surface area contributed by atoms with Crippen molar-refractivity contribution < 1.29 is 4.74 Å². The molecule has 1 aliphatic carbocycles. The lowest BCUT2D eigenvalue weighted by molar-refractivity contribution is 0.0141. The zero-order valence-electron chi connectivity index (χ0n) is 11.0. The third kappa shape index (κ3) is 2.86. The first-order valence-corrected chi connectivity index (χ1v) is 6.58. The van der Waals surface area contributed by atoms with Crippen LogP contribution < -0.4 is 0 Å². The van der Waals surface area contributed by atoms with Gasteiger partial charge in [0.1, 0.15) is 0 Å². The van der Waals surface area contributed by atoms with Crippen molar-refractivity contribution in [1.82, 2.24) is 4.90 Å². The van der Waals surface area contributed by atoms with Crippen molar-refractivity contribution in [3.05, 3.63) is 11.6 Å². The van der Waals surface area contributed by atoms with E-state index in [4.69, 9.17) is 4.74 Å². The molecule has 92 valence electrons. The number of allylic oxidation sites excluding steroid dienone is 1. The van der Waals surface area contributed by atoms with Gasteiger partial charge in [0.15, 0.2) is 0 Å². The molecule has 1 fully saturated rings. The maximum Gasteiger partial charge on any atom is 0.0594 e. The molecule has 0 aromatic carbocycles. The first-order chi connectivity index (χ1) is 7.57. The van der Waals surface area contributed by atoms with Crippen molar-refractivity contribution in [2.75, 3.05) is 26.3 Å². The highest BCUT2D eigenvalue weighted by Gasteiger charge is 2.26. The minimum Gasteiger partial charge on any atom is -0.379 e. The fraction of sp³-hybridized carbons (Fsp3) is 0.857. The molecule has 0 spiro atoms. The summed E-state index contributed by atoms with van der Waals surface area (Å²) in [7, 11) is 0. The summed E-state index contributed by atoms with van der Waals surface area (Å²) in [5.74, 6) is 0. The summed E-state index contributed by atoms with van der Waals surface area (Å²) in [6, 6.07) is 0.773. The van der Waals surface area contributed by atoms with E-state index < -0.39 is 0 Å². The predicted molar refractivity (Wildman–Crippen MR) is 67.6 cm³/mol. The lowest BCUT2D eigenvalue weighted by atomic mass is 9.79. The summed E-state index contributed by atoms with van der Waals surface area (Å²) in [6.07, 6.45) is 6.35. The van der Waals surface area contributed by atoms with E-state index in [0.29, 0.717) is 5.41 Å². The molecule has 0 N–H and O–H groups in total. The van der Waals surface area contributed by atoms with Crippen molar-refractivity contribution in [3.8, 4) is 0 Å². The Labute approximate surface area is 99.7 Å². The van der Waals surface area contributed by atoms with Gasteiger partial charge in [-0.15, -0.1) is 0 Å². The average molecular weight is 223 g/mol. The fourth-order valence-electron chi connectivity index (χ4n) is 2.78. The van der Waals surface area contributed by atoms with E-state index in [2.05, 4.69) is 31.7 Å². The van der Waals surface area contributed by atoms with Crippen LogP contribution in [0.15, 0.2) is 11.6 Å². The smallest absolute Gasteiger partial charge is 0.0594 e. The van der Waals surface area contributed by atoms with Gasteiger partial charge in [0.2, 0.25) is 0 Å². The second-order valence-corrected chi connectivity index (χ2v) is 6.06. The largest absolute Gasteiger partial charge is 0.379 e. The monoisotopic (exact) mass is 223 g/mol. The third-order valence-corrected chi connectivity index (χ3v) is 3.91. The van der Waals surface area contributed by atoms with Crippen LogP contribution in [0.5, 0.6) is 0 Å². The summed E-state index contributed by atoms with van der Waals surface area (Å²) in [5, 5.41) is 0. The minimum atomic E-state index is 0.371. The minimum absolute atomic E-state index is 0.371. The molecule has 2 rings (SSSR count). The van der Waals surface area contributed by atoms with Gasteiger partial charge in [-0.2, -0.15) is 0 Å². The second kappa shape index (κ2) is 4.89. The zero-order valence-corrected chi connectivity index (χ0v) is 11.0. The Morgan fingerprint density at radius 3 is 2.44 bits per heavy atom.